The van der Waals surface area contributed by atoms with Gasteiger partial charge in [0.25, 0.3) is 0 Å². The molecule has 0 bridgehead atoms. The van der Waals surface area contributed by atoms with Gasteiger partial charge < -0.3 is 19.9 Å². The van der Waals surface area contributed by atoms with Crippen molar-refractivity contribution in [3.8, 4) is 11.5 Å². The number of hydrogen-bond donors (Lipinski definition) is 2. The fourth-order valence-corrected chi connectivity index (χ4v) is 1.41. The van der Waals surface area contributed by atoms with E-state index in [0.717, 1.165) is 36.6 Å². The molecule has 1 aromatic carbocycles. The van der Waals surface area contributed by atoms with Gasteiger partial charge in [-0.1, -0.05) is 0 Å². The van der Waals surface area contributed by atoms with Crippen LogP contribution in [-0.4, -0.2) is 32.5 Å². The summed E-state index contributed by atoms with van der Waals surface area (Å²) in [6.45, 7) is 1.76. The molecule has 0 aliphatic heterocycles. The zero-order chi connectivity index (χ0) is 11.8. The van der Waals surface area contributed by atoms with Crippen LogP contribution in [0.2, 0.25) is 0 Å². The average molecular weight is 225 g/mol. The molecule has 0 heterocycles. The molecule has 0 saturated heterocycles. The van der Waals surface area contributed by atoms with E-state index in [-0.39, 0.29) is 6.61 Å². The lowest BCUT2D eigenvalue weighted by Crippen LogP contribution is -2.15. The Morgan fingerprint density at radius 1 is 1.12 bits per heavy atom. The highest BCUT2D eigenvalue weighted by Gasteiger charge is 2.01. The Kier molecular flexibility index (Phi) is 5.67. The molecule has 0 atom stereocenters. The monoisotopic (exact) mass is 225 g/mol. The maximum absolute atomic E-state index is 8.65. The molecule has 1 rings (SSSR count). The van der Waals surface area contributed by atoms with Gasteiger partial charge in [-0.3, -0.25) is 0 Å². The van der Waals surface area contributed by atoms with Gasteiger partial charge in [-0.2, -0.15) is 0 Å². The molecule has 0 spiro atoms. The van der Waals surface area contributed by atoms with Crippen molar-refractivity contribution in [3.63, 3.8) is 0 Å². The van der Waals surface area contributed by atoms with E-state index >= 15 is 0 Å². The van der Waals surface area contributed by atoms with Crippen molar-refractivity contribution >= 4 is 0 Å². The van der Waals surface area contributed by atoms with Gasteiger partial charge >= 0.3 is 0 Å². The minimum Gasteiger partial charge on any atom is -0.497 e. The van der Waals surface area contributed by atoms with Crippen molar-refractivity contribution < 1.29 is 14.6 Å². The second-order valence-corrected chi connectivity index (χ2v) is 3.47. The lowest BCUT2D eigenvalue weighted by molar-refractivity contribution is 0.286. The third kappa shape index (κ3) is 4.08. The van der Waals surface area contributed by atoms with E-state index in [4.69, 9.17) is 14.6 Å². The van der Waals surface area contributed by atoms with Gasteiger partial charge in [0.15, 0.2) is 0 Å². The van der Waals surface area contributed by atoms with Crippen LogP contribution in [0.1, 0.15) is 12.0 Å². The van der Waals surface area contributed by atoms with Gasteiger partial charge in [0.05, 0.1) is 14.2 Å². The topological polar surface area (TPSA) is 50.7 Å². The fourth-order valence-electron chi connectivity index (χ4n) is 1.41. The summed E-state index contributed by atoms with van der Waals surface area (Å²) in [6.07, 6.45) is 0.765. The van der Waals surface area contributed by atoms with E-state index < -0.39 is 0 Å². The Morgan fingerprint density at radius 3 is 2.25 bits per heavy atom. The highest BCUT2D eigenvalue weighted by atomic mass is 16.5. The van der Waals surface area contributed by atoms with Crippen LogP contribution < -0.4 is 14.8 Å². The first-order valence-corrected chi connectivity index (χ1v) is 5.33. The third-order valence-electron chi connectivity index (χ3n) is 2.25. The van der Waals surface area contributed by atoms with Crippen LogP contribution in [0.3, 0.4) is 0 Å². The molecule has 0 aromatic heterocycles. The number of rotatable bonds is 7. The Hall–Kier alpha value is -1.26. The Balaban J connectivity index is 2.57. The van der Waals surface area contributed by atoms with E-state index in [1.165, 1.54) is 0 Å². The van der Waals surface area contributed by atoms with Gasteiger partial charge in [-0.25, -0.2) is 0 Å². The number of nitrogens with one attached hydrogen (secondary N) is 1. The Labute approximate surface area is 96.2 Å². The molecular weight excluding hydrogens is 206 g/mol. The van der Waals surface area contributed by atoms with Crippen molar-refractivity contribution in [3.05, 3.63) is 23.8 Å². The van der Waals surface area contributed by atoms with Crippen molar-refractivity contribution in [1.82, 2.24) is 5.32 Å². The first-order chi connectivity index (χ1) is 7.80. The van der Waals surface area contributed by atoms with Gasteiger partial charge in [0.2, 0.25) is 0 Å². The minimum atomic E-state index is 0.217. The van der Waals surface area contributed by atoms with Crippen LogP contribution in [0.4, 0.5) is 0 Å². The molecule has 4 heteroatoms. The molecule has 0 amide bonds. The highest BCUT2D eigenvalue weighted by Crippen LogP contribution is 2.22. The zero-order valence-corrected chi connectivity index (χ0v) is 9.82. The van der Waals surface area contributed by atoms with Crippen molar-refractivity contribution in [2.24, 2.45) is 0 Å². The zero-order valence-electron chi connectivity index (χ0n) is 9.82. The van der Waals surface area contributed by atoms with Gasteiger partial charge in [-0.05, 0) is 30.7 Å². The number of aliphatic hydroxyl groups is 1. The molecule has 4 nitrogen and oxygen atoms in total. The summed E-state index contributed by atoms with van der Waals surface area (Å²) in [4.78, 5) is 0. The number of ether oxygens (including phenoxy) is 2. The molecule has 90 valence electrons. The second kappa shape index (κ2) is 7.09. The largest absolute Gasteiger partial charge is 0.497 e. The SMILES string of the molecule is COc1cc(CNCCCO)cc(OC)c1. The van der Waals surface area contributed by atoms with Crippen molar-refractivity contribution in [2.75, 3.05) is 27.4 Å². The molecule has 0 unspecified atom stereocenters. The molecule has 16 heavy (non-hydrogen) atoms. The normalized spacial score (nSPS) is 10.2. The smallest absolute Gasteiger partial charge is 0.122 e. The second-order valence-electron chi connectivity index (χ2n) is 3.47. The van der Waals surface area contributed by atoms with Crippen LogP contribution in [0, 0.1) is 0 Å². The fraction of sp³-hybridized carbons (Fsp3) is 0.500. The lowest BCUT2D eigenvalue weighted by Gasteiger charge is -2.09. The molecule has 0 aliphatic carbocycles. The molecule has 0 radical (unpaired) electrons. The summed E-state index contributed by atoms with van der Waals surface area (Å²) in [6, 6.07) is 5.78. The summed E-state index contributed by atoms with van der Waals surface area (Å²) in [5, 5.41) is 11.9. The molecule has 0 aliphatic rings. The average Bonchev–Trinajstić information content (AvgIpc) is 2.34. The summed E-state index contributed by atoms with van der Waals surface area (Å²) in [5.41, 5.74) is 1.11. The van der Waals surface area contributed by atoms with Gasteiger partial charge in [-0.15, -0.1) is 0 Å². The minimum absolute atomic E-state index is 0.217. The molecule has 2 N–H and O–H groups in total. The summed E-state index contributed by atoms with van der Waals surface area (Å²) >= 11 is 0. The maximum atomic E-state index is 8.65. The van der Waals surface area contributed by atoms with E-state index in [1.807, 2.05) is 18.2 Å². The van der Waals surface area contributed by atoms with Crippen LogP contribution in [0.25, 0.3) is 0 Å². The van der Waals surface area contributed by atoms with Gasteiger partial charge in [0, 0.05) is 19.2 Å². The number of methoxy groups -OCH3 is 2. The molecule has 1 aromatic rings. The lowest BCUT2D eigenvalue weighted by atomic mass is 10.2. The van der Waals surface area contributed by atoms with E-state index in [9.17, 15) is 0 Å². The Bertz CT molecular complexity index is 293. The summed E-state index contributed by atoms with van der Waals surface area (Å²) in [7, 11) is 3.27. The number of aliphatic hydroxyl groups excluding tert-OH is 1. The van der Waals surface area contributed by atoms with E-state index in [0.29, 0.717) is 0 Å². The van der Waals surface area contributed by atoms with Crippen LogP contribution in [0.15, 0.2) is 18.2 Å². The predicted molar refractivity (Wildman–Crippen MR) is 63.0 cm³/mol. The van der Waals surface area contributed by atoms with Crippen LogP contribution in [0.5, 0.6) is 11.5 Å². The van der Waals surface area contributed by atoms with Gasteiger partial charge in [0.1, 0.15) is 11.5 Å². The van der Waals surface area contributed by atoms with Crippen molar-refractivity contribution in [2.45, 2.75) is 13.0 Å². The molecule has 0 fully saturated rings. The quantitative estimate of drug-likeness (QED) is 0.684. The first kappa shape index (κ1) is 12.8. The first-order valence-electron chi connectivity index (χ1n) is 5.33. The number of hydrogen-bond acceptors (Lipinski definition) is 4. The molecule has 0 saturated carbocycles. The van der Waals surface area contributed by atoms with Crippen LogP contribution >= 0.6 is 0 Å². The van der Waals surface area contributed by atoms with E-state index in [2.05, 4.69) is 5.32 Å². The van der Waals surface area contributed by atoms with Crippen LogP contribution in [-0.2, 0) is 6.54 Å². The number of benzene rings is 1. The van der Waals surface area contributed by atoms with E-state index in [1.54, 1.807) is 14.2 Å². The predicted octanol–water partition coefficient (Wildman–Crippen LogP) is 1.18. The summed E-state index contributed by atoms with van der Waals surface area (Å²) in [5.74, 6) is 1.58. The highest BCUT2D eigenvalue weighted by molar-refractivity contribution is 5.38. The maximum Gasteiger partial charge on any atom is 0.122 e. The summed E-state index contributed by atoms with van der Waals surface area (Å²) < 4.78 is 10.4. The molecular formula is C12H19NO3. The Morgan fingerprint density at radius 2 is 1.75 bits per heavy atom. The standard InChI is InChI=1S/C12H19NO3/c1-15-11-6-10(7-12(8-11)16-2)9-13-4-3-5-14/h6-8,13-14H,3-5,9H2,1-2H3. The third-order valence-corrected chi connectivity index (χ3v) is 2.25. The van der Waals surface area contributed by atoms with Crippen molar-refractivity contribution in [1.29, 1.82) is 0 Å².